The van der Waals surface area contributed by atoms with Crippen LogP contribution in [0, 0.1) is 19.7 Å². The number of hydrogen-bond donors (Lipinski definition) is 2. The van der Waals surface area contributed by atoms with Crippen LogP contribution in [0.25, 0.3) is 0 Å². The molecular weight excluding hydrogens is 277 g/mol. The maximum atomic E-state index is 13.2. The number of aryl methyl sites for hydroxylation is 2. The summed E-state index contributed by atoms with van der Waals surface area (Å²) < 4.78 is 18.5. The molecule has 0 saturated heterocycles. The van der Waals surface area contributed by atoms with Crippen LogP contribution >= 0.6 is 0 Å². The fraction of sp³-hybridized carbons (Fsp3) is 0.200. The Morgan fingerprint density at radius 2 is 1.95 bits per heavy atom. The van der Waals surface area contributed by atoms with Crippen LogP contribution in [0.4, 0.5) is 4.39 Å². The van der Waals surface area contributed by atoms with E-state index < -0.39 is 17.7 Å². The molecule has 2 N–H and O–H groups in total. The fourth-order valence-electron chi connectivity index (χ4n) is 1.98. The third kappa shape index (κ3) is 3.47. The molecule has 1 amide bonds. The molecule has 0 radical (unpaired) electrons. The maximum Gasteiger partial charge on any atom is 0.339 e. The molecule has 0 atom stereocenters. The van der Waals surface area contributed by atoms with E-state index >= 15 is 0 Å². The summed E-state index contributed by atoms with van der Waals surface area (Å²) in [5, 5.41) is 11.5. The van der Waals surface area contributed by atoms with Gasteiger partial charge in [-0.2, -0.15) is 0 Å². The van der Waals surface area contributed by atoms with Crippen molar-refractivity contribution in [2.45, 2.75) is 20.4 Å². The van der Waals surface area contributed by atoms with Crippen LogP contribution in [-0.2, 0) is 6.54 Å². The Hall–Kier alpha value is -2.63. The van der Waals surface area contributed by atoms with Gasteiger partial charge in [-0.15, -0.1) is 0 Å². The normalized spacial score (nSPS) is 10.4. The van der Waals surface area contributed by atoms with Crippen molar-refractivity contribution in [2.24, 2.45) is 0 Å². The van der Waals surface area contributed by atoms with Crippen molar-refractivity contribution >= 4 is 11.9 Å². The van der Waals surface area contributed by atoms with Crippen molar-refractivity contribution in [2.75, 3.05) is 0 Å². The van der Waals surface area contributed by atoms with Gasteiger partial charge in [-0.25, -0.2) is 9.18 Å². The number of amides is 1. The van der Waals surface area contributed by atoms with Gasteiger partial charge in [0.25, 0.3) is 5.91 Å². The first kappa shape index (κ1) is 14.8. The van der Waals surface area contributed by atoms with Crippen molar-refractivity contribution < 1.29 is 23.5 Å². The van der Waals surface area contributed by atoms with Gasteiger partial charge in [-0.1, -0.05) is 0 Å². The molecule has 2 aromatic rings. The molecule has 1 heterocycles. The van der Waals surface area contributed by atoms with E-state index in [2.05, 4.69) is 5.32 Å². The van der Waals surface area contributed by atoms with E-state index in [9.17, 15) is 14.0 Å². The number of furan rings is 1. The van der Waals surface area contributed by atoms with Crippen LogP contribution in [0.1, 0.15) is 37.8 Å². The minimum absolute atomic E-state index is 0.0303. The summed E-state index contributed by atoms with van der Waals surface area (Å²) >= 11 is 0. The van der Waals surface area contributed by atoms with E-state index in [0.717, 1.165) is 6.07 Å². The van der Waals surface area contributed by atoms with Gasteiger partial charge in [-0.05, 0) is 43.7 Å². The molecule has 1 aromatic carbocycles. The highest BCUT2D eigenvalue weighted by Gasteiger charge is 2.14. The third-order valence-corrected chi connectivity index (χ3v) is 2.93. The largest absolute Gasteiger partial charge is 0.478 e. The highest BCUT2D eigenvalue weighted by atomic mass is 19.1. The number of hydrogen-bond acceptors (Lipinski definition) is 3. The van der Waals surface area contributed by atoms with Crippen molar-refractivity contribution in [3.63, 3.8) is 0 Å². The Kier molecular flexibility index (Phi) is 4.07. The minimum Gasteiger partial charge on any atom is -0.478 e. The lowest BCUT2D eigenvalue weighted by Crippen LogP contribution is -2.22. The number of carboxylic acid groups (broad SMARTS) is 1. The number of benzene rings is 1. The van der Waals surface area contributed by atoms with E-state index in [1.54, 1.807) is 13.0 Å². The summed E-state index contributed by atoms with van der Waals surface area (Å²) in [4.78, 5) is 22.8. The number of aromatic carboxylic acids is 1. The second kappa shape index (κ2) is 5.78. The lowest BCUT2D eigenvalue weighted by molar-refractivity contribution is 0.0694. The first-order valence-corrected chi connectivity index (χ1v) is 6.25. The van der Waals surface area contributed by atoms with Gasteiger partial charge >= 0.3 is 5.97 Å². The summed E-state index contributed by atoms with van der Waals surface area (Å²) in [7, 11) is 0. The standard InChI is InChI=1S/C15H14FNO4/c1-8-3-10(5-11(16)4-8)14(18)17-7-12-6-13(15(19)20)9(2)21-12/h3-6H,7H2,1-2H3,(H,17,18)(H,19,20). The van der Waals surface area contributed by atoms with E-state index in [1.807, 2.05) is 0 Å². The first-order chi connectivity index (χ1) is 9.86. The predicted molar refractivity (Wildman–Crippen MR) is 72.7 cm³/mol. The average Bonchev–Trinajstić information content (AvgIpc) is 2.76. The molecule has 0 spiro atoms. The minimum atomic E-state index is -1.09. The summed E-state index contributed by atoms with van der Waals surface area (Å²) in [5.74, 6) is -1.43. The topological polar surface area (TPSA) is 79.5 Å². The summed E-state index contributed by atoms with van der Waals surface area (Å²) in [6, 6.07) is 5.38. The summed E-state index contributed by atoms with van der Waals surface area (Å²) in [6.45, 7) is 3.25. The predicted octanol–water partition coefficient (Wildman–Crippen LogP) is 2.66. The zero-order chi connectivity index (χ0) is 15.6. The van der Waals surface area contributed by atoms with Crippen LogP contribution < -0.4 is 5.32 Å². The molecule has 0 fully saturated rings. The van der Waals surface area contributed by atoms with Crippen LogP contribution in [0.2, 0.25) is 0 Å². The molecule has 2 rings (SSSR count). The van der Waals surface area contributed by atoms with Crippen molar-refractivity contribution in [3.8, 4) is 0 Å². The van der Waals surface area contributed by atoms with Crippen molar-refractivity contribution in [3.05, 3.63) is 58.3 Å². The maximum absolute atomic E-state index is 13.2. The van der Waals surface area contributed by atoms with E-state index in [4.69, 9.17) is 9.52 Å². The van der Waals surface area contributed by atoms with Crippen LogP contribution in [-0.4, -0.2) is 17.0 Å². The number of halogens is 1. The van der Waals surface area contributed by atoms with Crippen molar-refractivity contribution in [1.82, 2.24) is 5.32 Å². The highest BCUT2D eigenvalue weighted by molar-refractivity contribution is 5.94. The van der Waals surface area contributed by atoms with Crippen LogP contribution in [0.3, 0.4) is 0 Å². The fourth-order valence-corrected chi connectivity index (χ4v) is 1.98. The molecule has 5 nitrogen and oxygen atoms in total. The lowest BCUT2D eigenvalue weighted by atomic mass is 10.1. The lowest BCUT2D eigenvalue weighted by Gasteiger charge is -2.04. The third-order valence-electron chi connectivity index (χ3n) is 2.93. The Morgan fingerprint density at radius 3 is 2.52 bits per heavy atom. The Morgan fingerprint density at radius 1 is 1.24 bits per heavy atom. The van der Waals surface area contributed by atoms with Crippen molar-refractivity contribution in [1.29, 1.82) is 0 Å². The smallest absolute Gasteiger partial charge is 0.339 e. The Labute approximate surface area is 120 Å². The van der Waals surface area contributed by atoms with Gasteiger partial charge in [-0.3, -0.25) is 4.79 Å². The summed E-state index contributed by atoms with van der Waals surface area (Å²) in [6.07, 6.45) is 0. The molecule has 21 heavy (non-hydrogen) atoms. The van der Waals surface area contributed by atoms with E-state index in [1.165, 1.54) is 19.1 Å². The number of nitrogens with one attached hydrogen (secondary N) is 1. The van der Waals surface area contributed by atoms with Gasteiger partial charge < -0.3 is 14.8 Å². The average molecular weight is 291 g/mol. The van der Waals surface area contributed by atoms with E-state index in [-0.39, 0.29) is 23.4 Å². The molecule has 0 saturated carbocycles. The molecule has 110 valence electrons. The molecule has 0 aliphatic heterocycles. The monoisotopic (exact) mass is 291 g/mol. The van der Waals surface area contributed by atoms with Crippen LogP contribution in [0.15, 0.2) is 28.7 Å². The van der Waals surface area contributed by atoms with E-state index in [0.29, 0.717) is 11.3 Å². The Balaban J connectivity index is 2.07. The van der Waals surface area contributed by atoms with Gasteiger partial charge in [0.1, 0.15) is 22.9 Å². The Bertz CT molecular complexity index is 685. The van der Waals surface area contributed by atoms with Gasteiger partial charge in [0.2, 0.25) is 0 Å². The quantitative estimate of drug-likeness (QED) is 0.907. The van der Waals surface area contributed by atoms with Gasteiger partial charge in [0.15, 0.2) is 0 Å². The number of rotatable bonds is 4. The van der Waals surface area contributed by atoms with Crippen LogP contribution in [0.5, 0.6) is 0 Å². The molecule has 0 unspecified atom stereocenters. The molecule has 1 aromatic heterocycles. The zero-order valence-electron chi connectivity index (χ0n) is 11.6. The first-order valence-electron chi connectivity index (χ1n) is 6.25. The molecule has 0 bridgehead atoms. The SMILES string of the molecule is Cc1cc(F)cc(C(=O)NCc2cc(C(=O)O)c(C)o2)c1. The van der Waals surface area contributed by atoms with Gasteiger partial charge in [0.05, 0.1) is 6.54 Å². The highest BCUT2D eigenvalue weighted by Crippen LogP contribution is 2.15. The number of carboxylic acids is 1. The molecule has 0 aliphatic rings. The number of carbonyl (C=O) groups excluding carboxylic acids is 1. The molecular formula is C15H14FNO4. The number of carbonyl (C=O) groups is 2. The second-order valence-corrected chi connectivity index (χ2v) is 4.69. The van der Waals surface area contributed by atoms with Gasteiger partial charge in [0, 0.05) is 5.56 Å². The second-order valence-electron chi connectivity index (χ2n) is 4.69. The molecule has 0 aliphatic carbocycles. The molecule has 6 heteroatoms. The summed E-state index contributed by atoms with van der Waals surface area (Å²) in [5.41, 5.74) is 0.900. The zero-order valence-corrected chi connectivity index (χ0v) is 11.6.